The van der Waals surface area contributed by atoms with Crippen molar-refractivity contribution in [3.63, 3.8) is 0 Å². The van der Waals surface area contributed by atoms with E-state index in [1.54, 1.807) is 18.2 Å². The standard InChI is InChI=1S/C14H16O4/c1-3-13(15)12-9-5-4-7-11(12)8-6-10-18-14(16)17-2/h4-9H,3,10H2,1-2H3/b8-6+. The molecule has 0 aliphatic carbocycles. The van der Waals surface area contributed by atoms with Gasteiger partial charge in [-0.2, -0.15) is 0 Å². The summed E-state index contributed by atoms with van der Waals surface area (Å²) in [6.07, 6.45) is 3.16. The number of hydrogen-bond donors (Lipinski definition) is 0. The summed E-state index contributed by atoms with van der Waals surface area (Å²) >= 11 is 0. The highest BCUT2D eigenvalue weighted by atomic mass is 16.7. The van der Waals surface area contributed by atoms with Gasteiger partial charge in [0.25, 0.3) is 0 Å². The Morgan fingerprint density at radius 1 is 1.28 bits per heavy atom. The van der Waals surface area contributed by atoms with Crippen molar-refractivity contribution >= 4 is 18.0 Å². The maximum Gasteiger partial charge on any atom is 0.508 e. The second-order valence-corrected chi connectivity index (χ2v) is 3.53. The molecule has 1 aromatic rings. The van der Waals surface area contributed by atoms with Gasteiger partial charge in [-0.15, -0.1) is 0 Å². The number of hydrogen-bond acceptors (Lipinski definition) is 4. The van der Waals surface area contributed by atoms with E-state index in [2.05, 4.69) is 4.74 Å². The lowest BCUT2D eigenvalue weighted by Crippen LogP contribution is -2.03. The summed E-state index contributed by atoms with van der Waals surface area (Å²) in [5.41, 5.74) is 1.49. The minimum atomic E-state index is -0.724. The van der Waals surface area contributed by atoms with E-state index in [1.807, 2.05) is 25.1 Å². The van der Waals surface area contributed by atoms with Crippen LogP contribution in [-0.4, -0.2) is 25.7 Å². The molecule has 0 heterocycles. The van der Waals surface area contributed by atoms with Gasteiger partial charge in [0, 0.05) is 12.0 Å². The Morgan fingerprint density at radius 3 is 2.67 bits per heavy atom. The number of ether oxygens (including phenoxy) is 2. The molecule has 0 spiro atoms. The van der Waals surface area contributed by atoms with Crippen molar-refractivity contribution in [3.8, 4) is 0 Å². The molecular weight excluding hydrogens is 232 g/mol. The van der Waals surface area contributed by atoms with Gasteiger partial charge in [-0.25, -0.2) is 4.79 Å². The second kappa shape index (κ2) is 7.27. The van der Waals surface area contributed by atoms with E-state index in [4.69, 9.17) is 4.74 Å². The van der Waals surface area contributed by atoms with Crippen molar-refractivity contribution in [2.45, 2.75) is 13.3 Å². The van der Waals surface area contributed by atoms with Gasteiger partial charge in [-0.3, -0.25) is 4.79 Å². The highest BCUT2D eigenvalue weighted by molar-refractivity contribution is 5.99. The number of benzene rings is 1. The second-order valence-electron chi connectivity index (χ2n) is 3.53. The first-order valence-electron chi connectivity index (χ1n) is 5.68. The average molecular weight is 248 g/mol. The zero-order valence-corrected chi connectivity index (χ0v) is 10.5. The molecule has 0 radical (unpaired) electrons. The number of rotatable bonds is 5. The van der Waals surface area contributed by atoms with Crippen LogP contribution in [0.25, 0.3) is 6.08 Å². The smallest absolute Gasteiger partial charge is 0.438 e. The monoisotopic (exact) mass is 248 g/mol. The van der Waals surface area contributed by atoms with Crippen molar-refractivity contribution in [2.75, 3.05) is 13.7 Å². The fourth-order valence-corrected chi connectivity index (χ4v) is 1.44. The normalized spacial score (nSPS) is 10.3. The highest BCUT2D eigenvalue weighted by Crippen LogP contribution is 2.12. The average Bonchev–Trinajstić information content (AvgIpc) is 2.42. The van der Waals surface area contributed by atoms with Crippen LogP contribution >= 0.6 is 0 Å². The van der Waals surface area contributed by atoms with Crippen LogP contribution in [0.4, 0.5) is 4.79 Å². The number of carbonyl (C=O) groups excluding carboxylic acids is 2. The molecule has 18 heavy (non-hydrogen) atoms. The molecule has 0 N–H and O–H groups in total. The number of ketones is 1. The molecule has 0 bridgehead atoms. The minimum Gasteiger partial charge on any atom is -0.438 e. The van der Waals surface area contributed by atoms with Crippen molar-refractivity contribution in [1.29, 1.82) is 0 Å². The van der Waals surface area contributed by atoms with E-state index in [0.717, 1.165) is 5.56 Å². The van der Waals surface area contributed by atoms with Crippen molar-refractivity contribution in [3.05, 3.63) is 41.5 Å². The number of methoxy groups -OCH3 is 1. The van der Waals surface area contributed by atoms with Crippen LogP contribution < -0.4 is 0 Å². The van der Waals surface area contributed by atoms with Crippen LogP contribution in [0.2, 0.25) is 0 Å². The third kappa shape index (κ3) is 4.05. The van der Waals surface area contributed by atoms with Crippen molar-refractivity contribution < 1.29 is 19.1 Å². The van der Waals surface area contributed by atoms with Gasteiger partial charge >= 0.3 is 6.16 Å². The van der Waals surface area contributed by atoms with Crippen LogP contribution in [0.3, 0.4) is 0 Å². The third-order valence-electron chi connectivity index (χ3n) is 2.34. The lowest BCUT2D eigenvalue weighted by molar-refractivity contribution is 0.0818. The molecule has 0 saturated heterocycles. The predicted molar refractivity (Wildman–Crippen MR) is 68.5 cm³/mol. The molecule has 0 amide bonds. The van der Waals surface area contributed by atoms with Gasteiger partial charge in [0.2, 0.25) is 0 Å². The molecule has 0 atom stereocenters. The number of carbonyl (C=O) groups is 2. The summed E-state index contributed by atoms with van der Waals surface area (Å²) in [4.78, 5) is 22.4. The Bertz CT molecular complexity index is 449. The van der Waals surface area contributed by atoms with Crippen LogP contribution in [0.1, 0.15) is 29.3 Å². The van der Waals surface area contributed by atoms with Gasteiger partial charge in [0.15, 0.2) is 5.78 Å². The maximum absolute atomic E-state index is 11.7. The van der Waals surface area contributed by atoms with E-state index in [-0.39, 0.29) is 12.4 Å². The molecule has 0 aromatic heterocycles. The van der Waals surface area contributed by atoms with Gasteiger partial charge in [-0.05, 0) is 11.6 Å². The predicted octanol–water partition coefficient (Wildman–Crippen LogP) is 3.08. The minimum absolute atomic E-state index is 0.0872. The van der Waals surface area contributed by atoms with E-state index in [1.165, 1.54) is 7.11 Å². The Kier molecular flexibility index (Phi) is 5.64. The van der Waals surface area contributed by atoms with Gasteiger partial charge < -0.3 is 9.47 Å². The van der Waals surface area contributed by atoms with E-state index < -0.39 is 6.16 Å². The maximum atomic E-state index is 11.7. The van der Waals surface area contributed by atoms with Gasteiger partial charge in [0.05, 0.1) is 7.11 Å². The van der Waals surface area contributed by atoms with Crippen molar-refractivity contribution in [1.82, 2.24) is 0 Å². The lowest BCUT2D eigenvalue weighted by atomic mass is 10.0. The first-order chi connectivity index (χ1) is 8.69. The zero-order valence-electron chi connectivity index (χ0n) is 10.5. The summed E-state index contributed by atoms with van der Waals surface area (Å²) in [6, 6.07) is 7.31. The Labute approximate surface area is 106 Å². The molecule has 0 saturated carbocycles. The zero-order chi connectivity index (χ0) is 13.4. The van der Waals surface area contributed by atoms with E-state index >= 15 is 0 Å². The lowest BCUT2D eigenvalue weighted by Gasteiger charge is -2.03. The Morgan fingerprint density at radius 2 is 2.00 bits per heavy atom. The summed E-state index contributed by atoms with van der Waals surface area (Å²) in [5, 5.41) is 0. The SMILES string of the molecule is CCC(=O)c1ccccc1/C=C/COC(=O)OC. The summed E-state index contributed by atoms with van der Waals surface area (Å²) in [5.74, 6) is 0.0872. The van der Waals surface area contributed by atoms with Crippen LogP contribution in [0.5, 0.6) is 0 Å². The summed E-state index contributed by atoms with van der Waals surface area (Å²) in [7, 11) is 1.25. The van der Waals surface area contributed by atoms with Crippen molar-refractivity contribution in [2.24, 2.45) is 0 Å². The Balaban J connectivity index is 2.69. The largest absolute Gasteiger partial charge is 0.508 e. The van der Waals surface area contributed by atoms with Gasteiger partial charge in [-0.1, -0.05) is 37.3 Å². The number of Topliss-reactive ketones (excluding diaryl/α,β-unsaturated/α-hetero) is 1. The van der Waals surface area contributed by atoms with Crippen LogP contribution in [0, 0.1) is 0 Å². The first kappa shape index (κ1) is 14.0. The van der Waals surface area contributed by atoms with Crippen LogP contribution in [-0.2, 0) is 9.47 Å². The Hall–Kier alpha value is -2.10. The fourth-order valence-electron chi connectivity index (χ4n) is 1.44. The first-order valence-corrected chi connectivity index (χ1v) is 5.68. The molecule has 0 fully saturated rings. The summed E-state index contributed by atoms with van der Waals surface area (Å²) < 4.78 is 9.04. The molecule has 4 heteroatoms. The third-order valence-corrected chi connectivity index (χ3v) is 2.34. The summed E-state index contributed by atoms with van der Waals surface area (Å²) in [6.45, 7) is 1.94. The molecule has 96 valence electrons. The quantitative estimate of drug-likeness (QED) is 0.593. The molecule has 0 unspecified atom stereocenters. The molecule has 0 aliphatic rings. The fraction of sp³-hybridized carbons (Fsp3) is 0.286. The van der Waals surface area contributed by atoms with Crippen LogP contribution in [0.15, 0.2) is 30.3 Å². The van der Waals surface area contributed by atoms with Gasteiger partial charge in [0.1, 0.15) is 6.61 Å². The molecular formula is C14H16O4. The molecule has 1 rings (SSSR count). The van der Waals surface area contributed by atoms with E-state index in [9.17, 15) is 9.59 Å². The molecule has 1 aromatic carbocycles. The molecule has 0 aliphatic heterocycles. The highest BCUT2D eigenvalue weighted by Gasteiger charge is 2.06. The topological polar surface area (TPSA) is 52.6 Å². The molecule has 4 nitrogen and oxygen atoms in total. The van der Waals surface area contributed by atoms with E-state index in [0.29, 0.717) is 12.0 Å².